The van der Waals surface area contributed by atoms with Crippen molar-refractivity contribution in [3.05, 3.63) is 45.5 Å². The van der Waals surface area contributed by atoms with Crippen molar-refractivity contribution in [1.82, 2.24) is 9.38 Å². The van der Waals surface area contributed by atoms with Crippen LogP contribution in [0, 0.1) is 13.8 Å². The molecule has 7 nitrogen and oxygen atoms in total. The predicted molar refractivity (Wildman–Crippen MR) is 73.8 cm³/mol. The van der Waals surface area contributed by atoms with Gasteiger partial charge in [0, 0.05) is 17.0 Å². The second-order valence-electron chi connectivity index (χ2n) is 4.12. The third-order valence-corrected chi connectivity index (χ3v) is 2.70. The van der Waals surface area contributed by atoms with Crippen LogP contribution >= 0.6 is 0 Å². The smallest absolute Gasteiger partial charge is 0.726 e. The highest BCUT2D eigenvalue weighted by molar-refractivity contribution is 7.79. The van der Waals surface area contributed by atoms with Gasteiger partial charge in [-0.1, -0.05) is 13.0 Å². The normalized spacial score (nSPS) is 11.1. The Morgan fingerprint density at radius 1 is 1.40 bits per heavy atom. The van der Waals surface area contributed by atoms with Gasteiger partial charge in [-0.25, -0.2) is 13.4 Å². The van der Waals surface area contributed by atoms with E-state index < -0.39 is 10.4 Å². The number of pyridine rings is 1. The molecule has 2 aromatic heterocycles. The standard InChI is InChI=1S/C12H14N2O.H2O4S/c1-4-10-9(3)13-11-7-5-6-8(2)14(11)12(10)15;1-5(2,3)4/h5-7H,4H2,1-3H3;(H2,1,2,3,4). The Bertz CT molecular complexity index is 778. The lowest BCUT2D eigenvalue weighted by molar-refractivity contribution is 0.366. The topological polar surface area (TPSA) is 112 Å². The molecule has 1 N–H and O–H groups in total. The van der Waals surface area contributed by atoms with Crippen molar-refractivity contribution in [1.29, 1.82) is 0 Å². The van der Waals surface area contributed by atoms with E-state index in [0.717, 1.165) is 29.0 Å². The molecule has 2 heterocycles. The summed E-state index contributed by atoms with van der Waals surface area (Å²) in [6.45, 7) is 5.80. The van der Waals surface area contributed by atoms with E-state index in [1.807, 2.05) is 39.0 Å². The predicted octanol–water partition coefficient (Wildman–Crippen LogP) is 0.991. The summed E-state index contributed by atoms with van der Waals surface area (Å²) in [6, 6.07) is 5.70. The summed E-state index contributed by atoms with van der Waals surface area (Å²) in [7, 11) is -4.92. The SMILES string of the molecule is CCc1c(C)nc2cccc(C)n2c1=O.O=S(=O)([O-])O.[H+]. The van der Waals surface area contributed by atoms with Crippen molar-refractivity contribution in [3.63, 3.8) is 0 Å². The fourth-order valence-electron chi connectivity index (χ4n) is 1.89. The zero-order valence-corrected chi connectivity index (χ0v) is 12.1. The average Bonchev–Trinajstić information content (AvgIpc) is 2.26. The third kappa shape index (κ3) is 4.12. The summed E-state index contributed by atoms with van der Waals surface area (Å²) >= 11 is 0. The number of nitrogens with zero attached hydrogens (tertiary/aromatic N) is 2. The minimum absolute atomic E-state index is 0. The summed E-state index contributed by atoms with van der Waals surface area (Å²) in [4.78, 5) is 16.6. The molecule has 2 aromatic rings. The molecule has 20 heavy (non-hydrogen) atoms. The summed E-state index contributed by atoms with van der Waals surface area (Å²) in [5.74, 6) is 0. The molecule has 110 valence electrons. The molecule has 0 aliphatic rings. The van der Waals surface area contributed by atoms with Gasteiger partial charge < -0.3 is 4.55 Å². The van der Waals surface area contributed by atoms with Gasteiger partial charge in [-0.3, -0.25) is 13.7 Å². The van der Waals surface area contributed by atoms with Gasteiger partial charge in [-0.2, -0.15) is 0 Å². The molecule has 0 aliphatic carbocycles. The van der Waals surface area contributed by atoms with Crippen molar-refractivity contribution in [2.24, 2.45) is 0 Å². The number of aryl methyl sites for hydroxylation is 2. The minimum atomic E-state index is -4.92. The summed E-state index contributed by atoms with van der Waals surface area (Å²) < 4.78 is 34.5. The Labute approximate surface area is 118 Å². The van der Waals surface area contributed by atoms with E-state index in [-0.39, 0.29) is 6.99 Å². The Hall–Kier alpha value is -1.77. The third-order valence-electron chi connectivity index (χ3n) is 2.70. The summed E-state index contributed by atoms with van der Waals surface area (Å²) in [6.07, 6.45) is 0.731. The molecule has 0 atom stereocenters. The van der Waals surface area contributed by atoms with Gasteiger partial charge in [0.15, 0.2) is 0 Å². The molecule has 8 heteroatoms. The summed E-state index contributed by atoms with van der Waals surface area (Å²) in [5, 5.41) is 0. The maximum Gasteiger partial charge on any atom is 1.00 e. The number of hydrogen-bond donors (Lipinski definition) is 1. The zero-order valence-electron chi connectivity index (χ0n) is 12.3. The van der Waals surface area contributed by atoms with Crippen LogP contribution < -0.4 is 5.56 Å². The Morgan fingerprint density at radius 2 is 1.95 bits per heavy atom. The lowest BCUT2D eigenvalue weighted by atomic mass is 10.2. The van der Waals surface area contributed by atoms with Crippen molar-refractivity contribution in [2.75, 3.05) is 0 Å². The van der Waals surface area contributed by atoms with E-state index in [4.69, 9.17) is 17.5 Å². The monoisotopic (exact) mass is 300 g/mol. The Kier molecular flexibility index (Phi) is 4.98. The summed E-state index contributed by atoms with van der Waals surface area (Å²) in [5.41, 5.74) is 3.38. The maximum atomic E-state index is 12.1. The fourth-order valence-corrected chi connectivity index (χ4v) is 1.89. The fraction of sp³-hybridized carbons (Fsp3) is 0.333. The van der Waals surface area contributed by atoms with E-state index in [0.29, 0.717) is 0 Å². The zero-order chi connectivity index (χ0) is 15.5. The second kappa shape index (κ2) is 6.12. The van der Waals surface area contributed by atoms with Gasteiger partial charge >= 0.3 is 1.43 Å². The first kappa shape index (κ1) is 16.3. The van der Waals surface area contributed by atoms with Crippen LogP contribution in [0.3, 0.4) is 0 Å². The Morgan fingerprint density at radius 3 is 2.45 bits per heavy atom. The van der Waals surface area contributed by atoms with Crippen LogP contribution in [0.1, 0.15) is 25.3 Å². The molecule has 0 fully saturated rings. The molecule has 0 saturated carbocycles. The molecule has 2 rings (SSSR count). The molecule has 0 bridgehead atoms. The van der Waals surface area contributed by atoms with Crippen molar-refractivity contribution >= 4 is 16.0 Å². The highest BCUT2D eigenvalue weighted by Gasteiger charge is 2.08. The van der Waals surface area contributed by atoms with Crippen LogP contribution in [-0.4, -0.2) is 26.9 Å². The van der Waals surface area contributed by atoms with Gasteiger partial charge in [-0.05, 0) is 32.4 Å². The van der Waals surface area contributed by atoms with Crippen LogP contribution in [-0.2, 0) is 16.8 Å². The Balaban J connectivity index is 0.000000583. The van der Waals surface area contributed by atoms with Gasteiger partial charge in [0.25, 0.3) is 5.56 Å². The van der Waals surface area contributed by atoms with Crippen molar-refractivity contribution in [2.45, 2.75) is 27.2 Å². The quantitative estimate of drug-likeness (QED) is 0.621. The van der Waals surface area contributed by atoms with Gasteiger partial charge in [-0.15, -0.1) is 0 Å². The lowest BCUT2D eigenvalue weighted by Crippen LogP contribution is -2.22. The van der Waals surface area contributed by atoms with E-state index in [1.54, 1.807) is 4.40 Å². The first-order valence-corrected chi connectivity index (χ1v) is 7.17. The van der Waals surface area contributed by atoms with Crippen LogP contribution in [0.5, 0.6) is 0 Å². The number of fused-ring (bicyclic) bond motifs is 1. The van der Waals surface area contributed by atoms with Crippen LogP contribution in [0.15, 0.2) is 23.0 Å². The molecule has 0 radical (unpaired) electrons. The molecular formula is C12H16N2O5S. The second-order valence-corrected chi connectivity index (χ2v) is 4.98. The van der Waals surface area contributed by atoms with E-state index in [9.17, 15) is 4.79 Å². The van der Waals surface area contributed by atoms with Crippen molar-refractivity contribution < 1.29 is 18.9 Å². The number of rotatable bonds is 1. The molecule has 0 spiro atoms. The lowest BCUT2D eigenvalue weighted by Gasteiger charge is -2.08. The van der Waals surface area contributed by atoms with Crippen LogP contribution in [0.25, 0.3) is 5.65 Å². The molecule has 0 amide bonds. The van der Waals surface area contributed by atoms with Crippen LogP contribution in [0.4, 0.5) is 0 Å². The van der Waals surface area contributed by atoms with Gasteiger partial charge in [0.2, 0.25) is 10.4 Å². The average molecular weight is 300 g/mol. The van der Waals surface area contributed by atoms with E-state index >= 15 is 0 Å². The van der Waals surface area contributed by atoms with Crippen LogP contribution in [0.2, 0.25) is 0 Å². The number of aromatic nitrogens is 2. The van der Waals surface area contributed by atoms with Gasteiger partial charge in [0.1, 0.15) is 5.65 Å². The van der Waals surface area contributed by atoms with E-state index in [2.05, 4.69) is 4.98 Å². The molecule has 0 aliphatic heterocycles. The highest BCUT2D eigenvalue weighted by Crippen LogP contribution is 2.06. The molecular weight excluding hydrogens is 284 g/mol. The van der Waals surface area contributed by atoms with Gasteiger partial charge in [0.05, 0.1) is 0 Å². The maximum absolute atomic E-state index is 12.1. The first-order chi connectivity index (χ1) is 9.15. The number of hydrogen-bond acceptors (Lipinski definition) is 5. The van der Waals surface area contributed by atoms with E-state index in [1.165, 1.54) is 0 Å². The largest absolute Gasteiger partial charge is 1.00 e. The molecule has 0 unspecified atom stereocenters. The molecule has 0 saturated heterocycles. The van der Waals surface area contributed by atoms with Crippen molar-refractivity contribution in [3.8, 4) is 0 Å². The molecule has 0 aromatic carbocycles. The first-order valence-electron chi connectivity index (χ1n) is 5.81. The minimum Gasteiger partial charge on any atom is -0.726 e. The highest BCUT2D eigenvalue weighted by atomic mass is 32.3.